The summed E-state index contributed by atoms with van der Waals surface area (Å²) in [6, 6.07) is 11.3. The van der Waals surface area contributed by atoms with E-state index in [0.717, 1.165) is 11.1 Å². The molecule has 0 fully saturated rings. The highest BCUT2D eigenvalue weighted by Crippen LogP contribution is 2.25. The summed E-state index contributed by atoms with van der Waals surface area (Å²) in [5.74, 6) is -0.340. The van der Waals surface area contributed by atoms with Crippen LogP contribution in [0.3, 0.4) is 0 Å². The fourth-order valence-corrected chi connectivity index (χ4v) is 2.58. The first-order chi connectivity index (χ1) is 10.2. The largest absolute Gasteiger partial charge is 0.453 e. The van der Waals surface area contributed by atoms with Crippen molar-refractivity contribution in [2.45, 2.75) is 13.2 Å². The van der Waals surface area contributed by atoms with E-state index in [1.54, 1.807) is 12.1 Å². The molecular weight excluding hydrogens is 271 g/mol. The molecule has 3 nitrogen and oxygen atoms in total. The number of carbonyl (C=O) groups excluding carboxylic acids is 1. The van der Waals surface area contributed by atoms with Gasteiger partial charge in [-0.2, -0.15) is 0 Å². The number of hydrogen-bond acceptors (Lipinski definition) is 3. The second-order valence-electron chi connectivity index (χ2n) is 5.10. The summed E-state index contributed by atoms with van der Waals surface area (Å²) in [5, 5.41) is 0.586. The topological polar surface area (TPSA) is 39.4 Å². The van der Waals surface area contributed by atoms with Gasteiger partial charge in [-0.3, -0.25) is 4.79 Å². The number of benzene rings is 2. The third kappa shape index (κ3) is 2.04. The first-order valence-corrected chi connectivity index (χ1v) is 6.64. The maximum absolute atomic E-state index is 13.2. The van der Waals surface area contributed by atoms with Crippen LogP contribution in [0.4, 0.5) is 4.39 Å². The molecule has 4 heteroatoms. The Morgan fingerprint density at radius 3 is 2.76 bits per heavy atom. The quantitative estimate of drug-likeness (QED) is 0.670. The average Bonchev–Trinajstić information content (AvgIpc) is 3.11. The molecule has 0 unspecified atom stereocenters. The van der Waals surface area contributed by atoms with Crippen molar-refractivity contribution in [2.75, 3.05) is 0 Å². The molecule has 1 aliphatic heterocycles. The molecule has 4 rings (SSSR count). The van der Waals surface area contributed by atoms with Gasteiger partial charge in [0.1, 0.15) is 11.4 Å². The van der Waals surface area contributed by atoms with Crippen LogP contribution < -0.4 is 0 Å². The second kappa shape index (κ2) is 4.53. The molecule has 0 bridgehead atoms. The number of ether oxygens (including phenoxy) is 1. The van der Waals surface area contributed by atoms with Gasteiger partial charge in [-0.15, -0.1) is 0 Å². The molecule has 3 aromatic rings. The van der Waals surface area contributed by atoms with Crippen molar-refractivity contribution in [3.05, 3.63) is 70.7 Å². The maximum atomic E-state index is 13.2. The van der Waals surface area contributed by atoms with E-state index < -0.39 is 0 Å². The predicted octanol–water partition coefficient (Wildman–Crippen LogP) is 3.83. The van der Waals surface area contributed by atoms with Crippen LogP contribution in [0.1, 0.15) is 27.2 Å². The first kappa shape index (κ1) is 12.3. The Morgan fingerprint density at radius 1 is 1.00 bits per heavy atom. The van der Waals surface area contributed by atoms with Crippen molar-refractivity contribution >= 4 is 16.8 Å². The fraction of sp³-hybridized carbons (Fsp3) is 0.118. The highest BCUT2D eigenvalue weighted by Gasteiger charge is 2.18. The first-order valence-electron chi connectivity index (χ1n) is 6.64. The van der Waals surface area contributed by atoms with Crippen LogP contribution in [0.2, 0.25) is 0 Å². The highest BCUT2D eigenvalue weighted by atomic mass is 19.1. The van der Waals surface area contributed by atoms with Crippen LogP contribution in [0.5, 0.6) is 0 Å². The SMILES string of the molecule is O=C(c1ccc2c(c1)COC2)c1cc2cc(F)ccc2o1. The van der Waals surface area contributed by atoms with Crippen molar-refractivity contribution in [2.24, 2.45) is 0 Å². The molecule has 2 heterocycles. The summed E-state index contributed by atoms with van der Waals surface area (Å²) in [6.07, 6.45) is 0. The van der Waals surface area contributed by atoms with Gasteiger partial charge in [0.05, 0.1) is 13.2 Å². The Balaban J connectivity index is 1.75. The van der Waals surface area contributed by atoms with E-state index in [0.29, 0.717) is 29.7 Å². The van der Waals surface area contributed by atoms with Gasteiger partial charge in [-0.05, 0) is 41.5 Å². The molecule has 0 atom stereocenters. The van der Waals surface area contributed by atoms with E-state index in [4.69, 9.17) is 9.15 Å². The molecule has 2 aromatic carbocycles. The highest BCUT2D eigenvalue weighted by molar-refractivity contribution is 6.09. The molecule has 0 aliphatic carbocycles. The van der Waals surface area contributed by atoms with E-state index >= 15 is 0 Å². The Kier molecular flexibility index (Phi) is 2.65. The lowest BCUT2D eigenvalue weighted by Crippen LogP contribution is -2.00. The molecule has 0 amide bonds. The van der Waals surface area contributed by atoms with E-state index in [1.807, 2.05) is 12.1 Å². The average molecular weight is 282 g/mol. The number of halogens is 1. The van der Waals surface area contributed by atoms with Crippen molar-refractivity contribution in [3.63, 3.8) is 0 Å². The molecule has 0 radical (unpaired) electrons. The van der Waals surface area contributed by atoms with Gasteiger partial charge in [0.2, 0.25) is 5.78 Å². The zero-order chi connectivity index (χ0) is 14.4. The van der Waals surface area contributed by atoms with Gasteiger partial charge < -0.3 is 9.15 Å². The third-order valence-electron chi connectivity index (χ3n) is 3.69. The zero-order valence-corrected chi connectivity index (χ0v) is 11.1. The Morgan fingerprint density at radius 2 is 1.86 bits per heavy atom. The van der Waals surface area contributed by atoms with E-state index in [9.17, 15) is 9.18 Å². The standard InChI is InChI=1S/C17H11FO3/c18-14-3-4-15-12(6-14)7-16(21-15)17(19)10-1-2-11-8-20-9-13(11)5-10/h1-7H,8-9H2. The van der Waals surface area contributed by atoms with Crippen LogP contribution in [-0.4, -0.2) is 5.78 Å². The minimum Gasteiger partial charge on any atom is -0.453 e. The molecule has 1 aromatic heterocycles. The van der Waals surface area contributed by atoms with Gasteiger partial charge in [0.25, 0.3) is 0 Å². The van der Waals surface area contributed by atoms with Crippen LogP contribution in [-0.2, 0) is 18.0 Å². The monoisotopic (exact) mass is 282 g/mol. The Hall–Kier alpha value is -2.46. The summed E-state index contributed by atoms with van der Waals surface area (Å²) in [7, 11) is 0. The van der Waals surface area contributed by atoms with Gasteiger partial charge in [-0.25, -0.2) is 4.39 Å². The number of fused-ring (bicyclic) bond motifs is 2. The molecule has 0 saturated heterocycles. The number of furan rings is 1. The van der Waals surface area contributed by atoms with Gasteiger partial charge in [0, 0.05) is 10.9 Å². The Labute approximate surface area is 119 Å². The van der Waals surface area contributed by atoms with Crippen molar-refractivity contribution in [1.82, 2.24) is 0 Å². The fourth-order valence-electron chi connectivity index (χ4n) is 2.58. The summed E-state index contributed by atoms with van der Waals surface area (Å²) in [6.45, 7) is 1.12. The molecule has 0 spiro atoms. The van der Waals surface area contributed by atoms with Gasteiger partial charge in [-0.1, -0.05) is 12.1 Å². The van der Waals surface area contributed by atoms with Crippen molar-refractivity contribution in [1.29, 1.82) is 0 Å². The lowest BCUT2D eigenvalue weighted by molar-refractivity contribution is 0.101. The van der Waals surface area contributed by atoms with E-state index in [1.165, 1.54) is 18.2 Å². The lowest BCUT2D eigenvalue weighted by atomic mass is 10.0. The molecule has 0 saturated carbocycles. The normalized spacial score (nSPS) is 13.6. The predicted molar refractivity (Wildman–Crippen MR) is 74.5 cm³/mol. The second-order valence-corrected chi connectivity index (χ2v) is 5.10. The van der Waals surface area contributed by atoms with Crippen LogP contribution in [0.15, 0.2) is 46.9 Å². The third-order valence-corrected chi connectivity index (χ3v) is 3.69. The minimum absolute atomic E-state index is 0.207. The summed E-state index contributed by atoms with van der Waals surface area (Å²) in [5.41, 5.74) is 3.20. The number of rotatable bonds is 2. The van der Waals surface area contributed by atoms with Crippen LogP contribution in [0, 0.1) is 5.82 Å². The summed E-state index contributed by atoms with van der Waals surface area (Å²) < 4.78 is 24.0. The number of carbonyl (C=O) groups is 1. The van der Waals surface area contributed by atoms with Crippen LogP contribution in [0.25, 0.3) is 11.0 Å². The van der Waals surface area contributed by atoms with Crippen molar-refractivity contribution < 1.29 is 18.3 Å². The van der Waals surface area contributed by atoms with E-state index in [-0.39, 0.29) is 17.4 Å². The molecule has 21 heavy (non-hydrogen) atoms. The summed E-state index contributed by atoms with van der Waals surface area (Å²) >= 11 is 0. The Bertz CT molecular complexity index is 864. The molecule has 104 valence electrons. The van der Waals surface area contributed by atoms with Gasteiger partial charge in [0.15, 0.2) is 5.76 Å². The smallest absolute Gasteiger partial charge is 0.228 e. The number of ketones is 1. The van der Waals surface area contributed by atoms with Crippen LogP contribution >= 0.6 is 0 Å². The number of hydrogen-bond donors (Lipinski definition) is 0. The lowest BCUT2D eigenvalue weighted by Gasteiger charge is -2.01. The maximum Gasteiger partial charge on any atom is 0.228 e. The molecule has 0 N–H and O–H groups in total. The van der Waals surface area contributed by atoms with Crippen molar-refractivity contribution in [3.8, 4) is 0 Å². The summed E-state index contributed by atoms with van der Waals surface area (Å²) in [4.78, 5) is 12.5. The minimum atomic E-state index is -0.350. The zero-order valence-electron chi connectivity index (χ0n) is 11.1. The molecular formula is C17H11FO3. The van der Waals surface area contributed by atoms with E-state index in [2.05, 4.69) is 0 Å². The van der Waals surface area contributed by atoms with Gasteiger partial charge >= 0.3 is 0 Å². The molecule has 1 aliphatic rings.